The van der Waals surface area contributed by atoms with E-state index in [0.29, 0.717) is 11.4 Å². The van der Waals surface area contributed by atoms with E-state index in [1.165, 1.54) is 12.1 Å². The first kappa shape index (κ1) is 17.2. The van der Waals surface area contributed by atoms with Gasteiger partial charge < -0.3 is 16.4 Å². The normalized spacial score (nSPS) is 10.1. The minimum atomic E-state index is -0.993. The summed E-state index contributed by atoms with van der Waals surface area (Å²) < 4.78 is 0. The molecule has 4 N–H and O–H groups in total. The van der Waals surface area contributed by atoms with Gasteiger partial charge in [-0.3, -0.25) is 19.7 Å². The average Bonchev–Trinajstić information content (AvgIpc) is 2.52. The zero-order valence-corrected chi connectivity index (χ0v) is 13.3. The van der Waals surface area contributed by atoms with Crippen molar-refractivity contribution in [1.29, 1.82) is 0 Å². The lowest BCUT2D eigenvalue weighted by Gasteiger charge is -2.09. The number of nitrogen functional groups attached to an aromatic ring is 1. The monoisotopic (exact) mass is 348 g/mol. The fraction of sp³-hybridized carbons (Fsp3) is 0.0667. The molecule has 24 heavy (non-hydrogen) atoms. The molecular weight excluding hydrogens is 336 g/mol. The van der Waals surface area contributed by atoms with Crippen LogP contribution in [-0.4, -0.2) is 16.7 Å². The van der Waals surface area contributed by atoms with Crippen molar-refractivity contribution in [2.24, 2.45) is 0 Å². The van der Waals surface area contributed by atoms with Crippen molar-refractivity contribution in [3.63, 3.8) is 0 Å². The maximum Gasteiger partial charge on any atom is 0.314 e. The molecule has 0 aromatic heterocycles. The molecule has 0 bridgehead atoms. The third-order valence-corrected chi connectivity index (χ3v) is 3.38. The third kappa shape index (κ3) is 3.99. The summed E-state index contributed by atoms with van der Waals surface area (Å²) in [7, 11) is 0. The lowest BCUT2D eigenvalue weighted by atomic mass is 10.2. The molecular formula is C15H13ClN4O4. The van der Waals surface area contributed by atoms with Crippen LogP contribution in [0.1, 0.15) is 5.56 Å². The largest absolute Gasteiger partial charge is 0.397 e. The number of rotatable bonds is 3. The number of nitrogens with two attached hydrogens (primary N) is 1. The number of carbonyl (C=O) groups excluding carboxylic acids is 2. The van der Waals surface area contributed by atoms with Gasteiger partial charge in [-0.1, -0.05) is 17.7 Å². The molecule has 0 atom stereocenters. The Hall–Kier alpha value is -3.13. The minimum Gasteiger partial charge on any atom is -0.397 e. The van der Waals surface area contributed by atoms with Gasteiger partial charge in [-0.2, -0.15) is 0 Å². The molecule has 0 aliphatic rings. The van der Waals surface area contributed by atoms with Crippen LogP contribution in [0, 0.1) is 17.0 Å². The molecule has 2 amide bonds. The van der Waals surface area contributed by atoms with Crippen LogP contribution in [0.2, 0.25) is 5.02 Å². The van der Waals surface area contributed by atoms with Crippen molar-refractivity contribution in [1.82, 2.24) is 0 Å². The van der Waals surface area contributed by atoms with E-state index < -0.39 is 16.7 Å². The van der Waals surface area contributed by atoms with E-state index in [2.05, 4.69) is 10.6 Å². The van der Waals surface area contributed by atoms with E-state index >= 15 is 0 Å². The van der Waals surface area contributed by atoms with Crippen LogP contribution in [0.3, 0.4) is 0 Å². The Morgan fingerprint density at radius 1 is 1.12 bits per heavy atom. The first-order valence-corrected chi connectivity index (χ1v) is 7.08. The van der Waals surface area contributed by atoms with Crippen molar-refractivity contribution >= 4 is 46.2 Å². The maximum atomic E-state index is 11.9. The number of aryl methyl sites for hydroxylation is 1. The van der Waals surface area contributed by atoms with Crippen LogP contribution in [0.25, 0.3) is 0 Å². The van der Waals surface area contributed by atoms with Crippen LogP contribution in [0.15, 0.2) is 36.4 Å². The van der Waals surface area contributed by atoms with Crippen molar-refractivity contribution in [3.05, 3.63) is 57.1 Å². The molecule has 9 heteroatoms. The first-order chi connectivity index (χ1) is 11.3. The van der Waals surface area contributed by atoms with E-state index in [9.17, 15) is 19.7 Å². The second kappa shape index (κ2) is 6.97. The molecule has 0 aliphatic heterocycles. The summed E-state index contributed by atoms with van der Waals surface area (Å²) >= 11 is 5.68. The van der Waals surface area contributed by atoms with Gasteiger partial charge in [0, 0.05) is 11.8 Å². The summed E-state index contributed by atoms with van der Waals surface area (Å²) in [6, 6.07) is 8.65. The van der Waals surface area contributed by atoms with Crippen LogP contribution in [-0.2, 0) is 9.59 Å². The fourth-order valence-corrected chi connectivity index (χ4v) is 2.06. The summed E-state index contributed by atoms with van der Waals surface area (Å²) in [5, 5.41) is 15.4. The Balaban J connectivity index is 2.12. The number of nitrogens with zero attached hydrogens (tertiary/aromatic N) is 1. The topological polar surface area (TPSA) is 127 Å². The van der Waals surface area contributed by atoms with Gasteiger partial charge in [0.25, 0.3) is 5.69 Å². The Labute approximate surface area is 141 Å². The second-order valence-corrected chi connectivity index (χ2v) is 5.33. The van der Waals surface area contributed by atoms with Gasteiger partial charge in [0.2, 0.25) is 0 Å². The highest BCUT2D eigenvalue weighted by atomic mass is 35.5. The number of hydrogen-bond acceptors (Lipinski definition) is 5. The number of carbonyl (C=O) groups is 2. The van der Waals surface area contributed by atoms with Crippen molar-refractivity contribution in [2.75, 3.05) is 16.4 Å². The molecule has 0 spiro atoms. The molecule has 2 aromatic rings. The highest BCUT2D eigenvalue weighted by molar-refractivity contribution is 6.44. The zero-order valence-electron chi connectivity index (χ0n) is 12.5. The van der Waals surface area contributed by atoms with Gasteiger partial charge in [-0.25, -0.2) is 0 Å². The highest BCUT2D eigenvalue weighted by Crippen LogP contribution is 2.27. The standard InChI is InChI=1S/C15H13ClN4O4/c1-8-2-5-11(17)12(6-8)19-15(22)14(21)18-9-3-4-10(16)13(7-9)20(23)24/h2-7H,17H2,1H3,(H,18,21)(H,19,22). The molecule has 0 heterocycles. The fourth-order valence-electron chi connectivity index (χ4n) is 1.88. The highest BCUT2D eigenvalue weighted by Gasteiger charge is 2.18. The van der Waals surface area contributed by atoms with Crippen molar-refractivity contribution < 1.29 is 14.5 Å². The summed E-state index contributed by atoms with van der Waals surface area (Å²) in [5.41, 5.74) is 6.89. The number of nitro groups is 1. The van der Waals surface area contributed by atoms with E-state index in [4.69, 9.17) is 17.3 Å². The van der Waals surface area contributed by atoms with Crippen LogP contribution in [0.4, 0.5) is 22.7 Å². The molecule has 2 rings (SSSR count). The Morgan fingerprint density at radius 2 is 1.79 bits per heavy atom. The van der Waals surface area contributed by atoms with E-state index in [0.717, 1.165) is 11.6 Å². The Morgan fingerprint density at radius 3 is 2.46 bits per heavy atom. The molecule has 2 aromatic carbocycles. The number of nitro benzene ring substituents is 1. The molecule has 0 saturated heterocycles. The zero-order chi connectivity index (χ0) is 17.9. The summed E-state index contributed by atoms with van der Waals surface area (Å²) in [6.45, 7) is 1.81. The van der Waals surface area contributed by atoms with Gasteiger partial charge in [-0.05, 0) is 36.8 Å². The molecule has 8 nitrogen and oxygen atoms in total. The van der Waals surface area contributed by atoms with Gasteiger partial charge >= 0.3 is 11.8 Å². The summed E-state index contributed by atoms with van der Waals surface area (Å²) in [6.07, 6.45) is 0. The number of nitrogens with one attached hydrogen (secondary N) is 2. The molecule has 0 unspecified atom stereocenters. The van der Waals surface area contributed by atoms with E-state index in [1.807, 2.05) is 6.92 Å². The predicted molar refractivity (Wildman–Crippen MR) is 91.0 cm³/mol. The average molecular weight is 349 g/mol. The number of anilines is 3. The lowest BCUT2D eigenvalue weighted by Crippen LogP contribution is -2.29. The quantitative estimate of drug-likeness (QED) is 0.340. The van der Waals surface area contributed by atoms with Crippen molar-refractivity contribution in [3.8, 4) is 0 Å². The maximum absolute atomic E-state index is 11.9. The number of hydrogen-bond donors (Lipinski definition) is 3. The molecule has 0 fully saturated rings. The van der Waals surface area contributed by atoms with Gasteiger partial charge in [0.1, 0.15) is 5.02 Å². The number of halogens is 1. The smallest absolute Gasteiger partial charge is 0.314 e. The van der Waals surface area contributed by atoms with Gasteiger partial charge in [0.15, 0.2) is 0 Å². The number of benzene rings is 2. The first-order valence-electron chi connectivity index (χ1n) is 6.70. The summed E-state index contributed by atoms with van der Waals surface area (Å²) in [4.78, 5) is 34.0. The lowest BCUT2D eigenvalue weighted by molar-refractivity contribution is -0.384. The Kier molecular flexibility index (Phi) is 5.00. The van der Waals surface area contributed by atoms with Crippen LogP contribution < -0.4 is 16.4 Å². The summed E-state index contributed by atoms with van der Waals surface area (Å²) in [5.74, 6) is -1.95. The Bertz CT molecular complexity index is 838. The SMILES string of the molecule is Cc1ccc(N)c(NC(=O)C(=O)Nc2ccc(Cl)c([N+](=O)[O-])c2)c1. The minimum absolute atomic E-state index is 0.0727. The van der Waals surface area contributed by atoms with Crippen molar-refractivity contribution in [2.45, 2.75) is 6.92 Å². The molecule has 124 valence electrons. The third-order valence-electron chi connectivity index (χ3n) is 3.06. The molecule has 0 aliphatic carbocycles. The van der Waals surface area contributed by atoms with Gasteiger partial charge in [-0.15, -0.1) is 0 Å². The predicted octanol–water partition coefficient (Wildman–Crippen LogP) is 2.72. The molecule has 0 saturated carbocycles. The number of amides is 2. The van der Waals surface area contributed by atoms with E-state index in [1.54, 1.807) is 18.2 Å². The van der Waals surface area contributed by atoms with Crippen LogP contribution in [0.5, 0.6) is 0 Å². The van der Waals surface area contributed by atoms with E-state index in [-0.39, 0.29) is 16.4 Å². The van der Waals surface area contributed by atoms with Gasteiger partial charge in [0.05, 0.1) is 16.3 Å². The second-order valence-electron chi connectivity index (χ2n) is 4.92. The molecule has 0 radical (unpaired) electrons. The van der Waals surface area contributed by atoms with Crippen LogP contribution >= 0.6 is 11.6 Å².